The fraction of sp³-hybridized carbons (Fsp3) is 0.636. The summed E-state index contributed by atoms with van der Waals surface area (Å²) in [4.78, 5) is 7.97. The van der Waals surface area contributed by atoms with Crippen LogP contribution < -0.4 is 10.6 Å². The molecule has 0 spiro atoms. The van der Waals surface area contributed by atoms with Crippen LogP contribution in [0.5, 0.6) is 0 Å². The van der Waals surface area contributed by atoms with Crippen molar-refractivity contribution >= 4 is 23.5 Å². The quantitative estimate of drug-likeness (QED) is 0.702. The summed E-state index contributed by atoms with van der Waals surface area (Å²) in [6, 6.07) is 0. The zero-order valence-electron chi connectivity index (χ0n) is 10.3. The molecule has 0 aliphatic rings. The highest BCUT2D eigenvalue weighted by atomic mass is 32.2. The zero-order chi connectivity index (χ0) is 12.5. The largest absolute Gasteiger partial charge is 0.367 e. The van der Waals surface area contributed by atoms with Gasteiger partial charge in [0.15, 0.2) is 11.6 Å². The van der Waals surface area contributed by atoms with Gasteiger partial charge in [-0.05, 0) is 24.9 Å². The number of halogens is 1. The third-order valence-electron chi connectivity index (χ3n) is 2.09. The van der Waals surface area contributed by atoms with Gasteiger partial charge in [0, 0.05) is 13.1 Å². The van der Waals surface area contributed by atoms with E-state index in [1.54, 1.807) is 11.8 Å². The van der Waals surface area contributed by atoms with Crippen LogP contribution in [0.2, 0.25) is 0 Å². The number of anilines is 2. The average Bonchev–Trinajstić information content (AvgIpc) is 2.35. The highest BCUT2D eigenvalue weighted by Gasteiger charge is 2.05. The molecule has 0 fully saturated rings. The van der Waals surface area contributed by atoms with Gasteiger partial charge in [0.25, 0.3) is 0 Å². The minimum atomic E-state index is -0.406. The number of aromatic nitrogens is 2. The standard InChI is InChI=1S/C11H19FN4S/c1-3-5-14-11-15-8-9(12)10(16-11)13-6-4-7-17-2/h8H,3-7H2,1-2H3,(H2,13,14,15,16). The van der Waals surface area contributed by atoms with E-state index in [0.29, 0.717) is 5.95 Å². The molecule has 0 bridgehead atoms. The number of rotatable bonds is 8. The van der Waals surface area contributed by atoms with E-state index in [0.717, 1.165) is 31.7 Å². The molecule has 1 rings (SSSR count). The van der Waals surface area contributed by atoms with Crippen molar-refractivity contribution in [2.75, 3.05) is 35.7 Å². The molecule has 2 N–H and O–H groups in total. The Balaban J connectivity index is 2.50. The summed E-state index contributed by atoms with van der Waals surface area (Å²) >= 11 is 1.78. The van der Waals surface area contributed by atoms with E-state index in [9.17, 15) is 4.39 Å². The minimum absolute atomic E-state index is 0.278. The Morgan fingerprint density at radius 2 is 2.18 bits per heavy atom. The Hall–Kier alpha value is -1.04. The van der Waals surface area contributed by atoms with Gasteiger partial charge in [0.05, 0.1) is 6.20 Å². The number of hydrogen-bond donors (Lipinski definition) is 2. The summed E-state index contributed by atoms with van der Waals surface area (Å²) in [6.07, 6.45) is 5.22. The molecule has 4 nitrogen and oxygen atoms in total. The molecule has 0 unspecified atom stereocenters. The van der Waals surface area contributed by atoms with Gasteiger partial charge in [-0.15, -0.1) is 0 Å². The molecule has 0 saturated heterocycles. The fourth-order valence-corrected chi connectivity index (χ4v) is 1.67. The van der Waals surface area contributed by atoms with Crippen LogP contribution in [0.3, 0.4) is 0 Å². The first-order valence-electron chi connectivity index (χ1n) is 5.77. The molecule has 0 atom stereocenters. The van der Waals surface area contributed by atoms with Crippen molar-refractivity contribution < 1.29 is 4.39 Å². The van der Waals surface area contributed by atoms with Gasteiger partial charge in [-0.1, -0.05) is 6.92 Å². The Bertz CT molecular complexity index is 335. The van der Waals surface area contributed by atoms with Crippen LogP contribution in [-0.2, 0) is 0 Å². The summed E-state index contributed by atoms with van der Waals surface area (Å²) in [7, 11) is 0. The van der Waals surface area contributed by atoms with Gasteiger partial charge in [0.2, 0.25) is 5.95 Å². The third kappa shape index (κ3) is 5.21. The van der Waals surface area contributed by atoms with Crippen LogP contribution in [0.15, 0.2) is 6.20 Å². The molecule has 0 amide bonds. The Morgan fingerprint density at radius 3 is 2.88 bits per heavy atom. The van der Waals surface area contributed by atoms with Crippen LogP contribution in [0.25, 0.3) is 0 Å². The van der Waals surface area contributed by atoms with Crippen molar-refractivity contribution in [1.29, 1.82) is 0 Å². The van der Waals surface area contributed by atoms with E-state index in [1.807, 2.05) is 0 Å². The minimum Gasteiger partial charge on any atom is -0.367 e. The highest BCUT2D eigenvalue weighted by molar-refractivity contribution is 7.98. The van der Waals surface area contributed by atoms with E-state index in [-0.39, 0.29) is 5.82 Å². The Morgan fingerprint density at radius 1 is 1.35 bits per heavy atom. The lowest BCUT2D eigenvalue weighted by atomic mass is 10.4. The second kappa shape index (κ2) is 8.11. The predicted molar refractivity (Wildman–Crippen MR) is 72.3 cm³/mol. The first-order valence-corrected chi connectivity index (χ1v) is 7.16. The first-order chi connectivity index (χ1) is 8.27. The summed E-state index contributed by atoms with van der Waals surface area (Å²) < 4.78 is 13.4. The smallest absolute Gasteiger partial charge is 0.224 e. The van der Waals surface area contributed by atoms with Crippen LogP contribution >= 0.6 is 11.8 Å². The van der Waals surface area contributed by atoms with Crippen molar-refractivity contribution in [1.82, 2.24) is 9.97 Å². The Kier molecular flexibility index (Phi) is 6.69. The molecule has 1 aromatic rings. The molecule has 1 heterocycles. The first kappa shape index (κ1) is 14.0. The normalized spacial score (nSPS) is 10.3. The molecular formula is C11H19FN4S. The van der Waals surface area contributed by atoms with Crippen molar-refractivity contribution in [2.45, 2.75) is 19.8 Å². The molecule has 0 saturated carbocycles. The zero-order valence-corrected chi connectivity index (χ0v) is 11.1. The average molecular weight is 258 g/mol. The van der Waals surface area contributed by atoms with Crippen LogP contribution in [-0.4, -0.2) is 35.1 Å². The molecule has 0 aliphatic heterocycles. The lowest BCUT2D eigenvalue weighted by Crippen LogP contribution is -2.10. The maximum absolute atomic E-state index is 13.4. The summed E-state index contributed by atoms with van der Waals surface area (Å²) in [5.41, 5.74) is 0. The lowest BCUT2D eigenvalue weighted by molar-refractivity contribution is 0.617. The van der Waals surface area contributed by atoms with Gasteiger partial charge in [-0.25, -0.2) is 9.37 Å². The summed E-state index contributed by atoms with van der Waals surface area (Å²) in [5.74, 6) is 1.40. The molecule has 96 valence electrons. The number of thioether (sulfide) groups is 1. The fourth-order valence-electron chi connectivity index (χ4n) is 1.24. The van der Waals surface area contributed by atoms with Crippen molar-refractivity contribution in [2.24, 2.45) is 0 Å². The van der Waals surface area contributed by atoms with E-state index >= 15 is 0 Å². The van der Waals surface area contributed by atoms with Gasteiger partial charge in [-0.2, -0.15) is 16.7 Å². The highest BCUT2D eigenvalue weighted by Crippen LogP contribution is 2.12. The molecule has 17 heavy (non-hydrogen) atoms. The van der Waals surface area contributed by atoms with Gasteiger partial charge in [-0.3, -0.25) is 0 Å². The van der Waals surface area contributed by atoms with Gasteiger partial charge >= 0.3 is 0 Å². The van der Waals surface area contributed by atoms with Crippen molar-refractivity contribution in [3.8, 4) is 0 Å². The van der Waals surface area contributed by atoms with Gasteiger partial charge < -0.3 is 10.6 Å². The summed E-state index contributed by atoms with van der Waals surface area (Å²) in [6.45, 7) is 3.57. The predicted octanol–water partition coefficient (Wildman–Crippen LogP) is 2.60. The van der Waals surface area contributed by atoms with Crippen LogP contribution in [0, 0.1) is 5.82 Å². The van der Waals surface area contributed by atoms with E-state index < -0.39 is 5.82 Å². The molecule has 0 aromatic carbocycles. The van der Waals surface area contributed by atoms with Gasteiger partial charge in [0.1, 0.15) is 0 Å². The van der Waals surface area contributed by atoms with E-state index in [2.05, 4.69) is 33.8 Å². The number of nitrogens with one attached hydrogen (secondary N) is 2. The molecule has 6 heteroatoms. The van der Waals surface area contributed by atoms with Crippen molar-refractivity contribution in [3.63, 3.8) is 0 Å². The maximum atomic E-state index is 13.4. The maximum Gasteiger partial charge on any atom is 0.224 e. The molecule has 0 radical (unpaired) electrons. The van der Waals surface area contributed by atoms with Crippen molar-refractivity contribution in [3.05, 3.63) is 12.0 Å². The molecule has 1 aromatic heterocycles. The Labute approximate surface area is 106 Å². The molecule has 0 aliphatic carbocycles. The lowest BCUT2D eigenvalue weighted by Gasteiger charge is -2.08. The second-order valence-corrected chi connectivity index (χ2v) is 4.58. The van der Waals surface area contributed by atoms with E-state index in [1.165, 1.54) is 6.20 Å². The number of nitrogens with zero attached hydrogens (tertiary/aromatic N) is 2. The second-order valence-electron chi connectivity index (χ2n) is 3.59. The SMILES string of the molecule is CCCNc1ncc(F)c(NCCCSC)n1. The third-order valence-corrected chi connectivity index (χ3v) is 2.79. The molecular weight excluding hydrogens is 239 g/mol. The topological polar surface area (TPSA) is 49.8 Å². The van der Waals surface area contributed by atoms with E-state index in [4.69, 9.17) is 0 Å². The monoisotopic (exact) mass is 258 g/mol. The van der Waals surface area contributed by atoms with Crippen LogP contribution in [0.4, 0.5) is 16.2 Å². The summed E-state index contributed by atoms with van der Waals surface area (Å²) in [5, 5.41) is 6.02. The number of hydrogen-bond acceptors (Lipinski definition) is 5. The van der Waals surface area contributed by atoms with Crippen LogP contribution in [0.1, 0.15) is 19.8 Å².